The highest BCUT2D eigenvalue weighted by molar-refractivity contribution is 6.17. The zero-order valence-electron chi connectivity index (χ0n) is 10.6. The lowest BCUT2D eigenvalue weighted by Gasteiger charge is -2.24. The maximum atomic E-state index is 13.9. The van der Waals surface area contributed by atoms with Crippen molar-refractivity contribution in [3.63, 3.8) is 0 Å². The summed E-state index contributed by atoms with van der Waals surface area (Å²) in [4.78, 5) is 1.47. The van der Waals surface area contributed by atoms with Crippen molar-refractivity contribution in [2.24, 2.45) is 0 Å². The molecule has 6 heteroatoms. The van der Waals surface area contributed by atoms with Gasteiger partial charge in [-0.1, -0.05) is 0 Å². The Hall–Kier alpha value is -1.38. The van der Waals surface area contributed by atoms with Gasteiger partial charge in [0.25, 0.3) is 0 Å². The second kappa shape index (κ2) is 7.93. The summed E-state index contributed by atoms with van der Waals surface area (Å²) < 4.78 is 32.8. The van der Waals surface area contributed by atoms with Crippen LogP contribution >= 0.6 is 11.6 Å². The topological polar surface area (TPSA) is 36.3 Å². The minimum atomic E-state index is -0.676. The van der Waals surface area contributed by atoms with Gasteiger partial charge in [-0.05, 0) is 17.7 Å². The monoisotopic (exact) mass is 288 g/mol. The fourth-order valence-corrected chi connectivity index (χ4v) is 1.87. The van der Waals surface area contributed by atoms with Crippen LogP contribution in [0.5, 0.6) is 0 Å². The highest BCUT2D eigenvalue weighted by Crippen LogP contribution is 2.25. The molecule has 0 N–H and O–H groups in total. The van der Waals surface area contributed by atoms with Gasteiger partial charge in [-0.2, -0.15) is 5.26 Å². The SMILES string of the molecule is COCCN(CCC#N)c1c(F)cc(CCl)cc1F. The van der Waals surface area contributed by atoms with E-state index in [0.29, 0.717) is 18.7 Å². The molecule has 0 bridgehead atoms. The zero-order valence-corrected chi connectivity index (χ0v) is 11.4. The summed E-state index contributed by atoms with van der Waals surface area (Å²) in [5, 5.41) is 8.60. The van der Waals surface area contributed by atoms with Gasteiger partial charge in [0.05, 0.1) is 19.1 Å². The lowest BCUT2D eigenvalue weighted by atomic mass is 10.2. The third kappa shape index (κ3) is 4.34. The maximum Gasteiger partial charge on any atom is 0.149 e. The summed E-state index contributed by atoms with van der Waals surface area (Å²) in [6, 6.07) is 4.37. The molecule has 0 saturated heterocycles. The van der Waals surface area contributed by atoms with E-state index in [4.69, 9.17) is 21.6 Å². The van der Waals surface area contributed by atoms with E-state index >= 15 is 0 Å². The van der Waals surface area contributed by atoms with Gasteiger partial charge in [0, 0.05) is 26.1 Å². The van der Waals surface area contributed by atoms with Crippen molar-refractivity contribution in [3.8, 4) is 6.07 Å². The Morgan fingerprint density at radius 2 is 1.95 bits per heavy atom. The maximum absolute atomic E-state index is 13.9. The predicted octanol–water partition coefficient (Wildman–Crippen LogP) is 3.07. The molecule has 104 valence electrons. The molecule has 0 aliphatic carbocycles. The molecule has 0 aromatic heterocycles. The molecule has 0 fully saturated rings. The number of hydrogen-bond acceptors (Lipinski definition) is 3. The van der Waals surface area contributed by atoms with Gasteiger partial charge in [-0.3, -0.25) is 0 Å². The van der Waals surface area contributed by atoms with Gasteiger partial charge in [0.2, 0.25) is 0 Å². The van der Waals surface area contributed by atoms with Crippen LogP contribution in [-0.4, -0.2) is 26.8 Å². The van der Waals surface area contributed by atoms with Gasteiger partial charge < -0.3 is 9.64 Å². The molecule has 0 aliphatic heterocycles. The zero-order chi connectivity index (χ0) is 14.3. The predicted molar refractivity (Wildman–Crippen MR) is 70.2 cm³/mol. The van der Waals surface area contributed by atoms with Gasteiger partial charge >= 0.3 is 0 Å². The molecular weight excluding hydrogens is 274 g/mol. The molecule has 3 nitrogen and oxygen atoms in total. The number of rotatable bonds is 7. The van der Waals surface area contributed by atoms with E-state index in [1.165, 1.54) is 24.1 Å². The van der Waals surface area contributed by atoms with Crippen LogP contribution in [0.15, 0.2) is 12.1 Å². The number of ether oxygens (including phenoxy) is 1. The van der Waals surface area contributed by atoms with Crippen LogP contribution in [0, 0.1) is 23.0 Å². The average Bonchev–Trinajstić information content (AvgIpc) is 2.40. The summed E-state index contributed by atoms with van der Waals surface area (Å²) in [5.74, 6) is -1.31. The quantitative estimate of drug-likeness (QED) is 0.724. The van der Waals surface area contributed by atoms with E-state index in [-0.39, 0.29) is 24.5 Å². The van der Waals surface area contributed by atoms with E-state index in [0.717, 1.165) is 0 Å². The minimum Gasteiger partial charge on any atom is -0.383 e. The van der Waals surface area contributed by atoms with Crippen molar-refractivity contribution in [1.82, 2.24) is 0 Å². The number of halogens is 3. The third-order valence-corrected chi connectivity index (χ3v) is 2.91. The van der Waals surface area contributed by atoms with Gasteiger partial charge in [-0.25, -0.2) is 8.78 Å². The van der Waals surface area contributed by atoms with Crippen molar-refractivity contribution >= 4 is 17.3 Å². The summed E-state index contributed by atoms with van der Waals surface area (Å²) in [6.45, 7) is 0.877. The van der Waals surface area contributed by atoms with E-state index in [9.17, 15) is 8.78 Å². The Labute approximate surface area is 116 Å². The van der Waals surface area contributed by atoms with Crippen LogP contribution in [0.2, 0.25) is 0 Å². The first-order valence-electron chi connectivity index (χ1n) is 5.78. The van der Waals surface area contributed by atoms with Crippen LogP contribution in [0.25, 0.3) is 0 Å². The van der Waals surface area contributed by atoms with Crippen LogP contribution < -0.4 is 4.90 Å². The van der Waals surface area contributed by atoms with Crippen LogP contribution in [0.3, 0.4) is 0 Å². The number of hydrogen-bond donors (Lipinski definition) is 0. The molecule has 0 aliphatic rings. The highest BCUT2D eigenvalue weighted by Gasteiger charge is 2.17. The van der Waals surface area contributed by atoms with Crippen LogP contribution in [0.1, 0.15) is 12.0 Å². The van der Waals surface area contributed by atoms with E-state index < -0.39 is 11.6 Å². The van der Waals surface area contributed by atoms with Crippen molar-refractivity contribution < 1.29 is 13.5 Å². The lowest BCUT2D eigenvalue weighted by molar-refractivity contribution is 0.205. The molecule has 0 unspecified atom stereocenters. The Kier molecular flexibility index (Phi) is 6.54. The molecule has 0 atom stereocenters. The number of nitriles is 1. The van der Waals surface area contributed by atoms with Crippen molar-refractivity contribution in [3.05, 3.63) is 29.3 Å². The van der Waals surface area contributed by atoms with Crippen LogP contribution in [-0.2, 0) is 10.6 Å². The van der Waals surface area contributed by atoms with Gasteiger partial charge in [0.1, 0.15) is 17.3 Å². The number of alkyl halides is 1. The molecule has 1 aromatic rings. The average molecular weight is 289 g/mol. The smallest absolute Gasteiger partial charge is 0.149 e. The standard InChI is InChI=1S/C13H15ClF2N2O/c1-19-6-5-18(4-2-3-17)13-11(15)7-10(9-14)8-12(13)16/h7-8H,2,4-6,9H2,1H3. The number of nitrogens with zero attached hydrogens (tertiary/aromatic N) is 2. The van der Waals surface area contributed by atoms with Gasteiger partial charge in [0.15, 0.2) is 0 Å². The Morgan fingerprint density at radius 3 is 2.42 bits per heavy atom. The lowest BCUT2D eigenvalue weighted by Crippen LogP contribution is -2.30. The van der Waals surface area contributed by atoms with Crippen LogP contribution in [0.4, 0.5) is 14.5 Å². The summed E-state index contributed by atoms with van der Waals surface area (Å²) >= 11 is 5.56. The number of benzene rings is 1. The second-order valence-electron chi connectivity index (χ2n) is 3.93. The Morgan fingerprint density at radius 1 is 1.32 bits per heavy atom. The molecule has 0 heterocycles. The minimum absolute atomic E-state index is 0.0460. The normalized spacial score (nSPS) is 10.3. The summed E-state index contributed by atoms with van der Waals surface area (Å²) in [7, 11) is 1.51. The van der Waals surface area contributed by atoms with Crippen molar-refractivity contribution in [2.75, 3.05) is 31.7 Å². The summed E-state index contributed by atoms with van der Waals surface area (Å²) in [6.07, 6.45) is 0.180. The third-order valence-electron chi connectivity index (χ3n) is 2.61. The second-order valence-corrected chi connectivity index (χ2v) is 4.20. The molecule has 1 aromatic carbocycles. The molecule has 0 amide bonds. The summed E-state index contributed by atoms with van der Waals surface area (Å²) in [5.41, 5.74) is 0.244. The fraction of sp³-hybridized carbons (Fsp3) is 0.462. The van der Waals surface area contributed by atoms with Gasteiger partial charge in [-0.15, -0.1) is 11.6 Å². The van der Waals surface area contributed by atoms with E-state index in [1.807, 2.05) is 6.07 Å². The Bertz CT molecular complexity index is 439. The number of anilines is 1. The molecule has 19 heavy (non-hydrogen) atoms. The van der Waals surface area contributed by atoms with Crippen molar-refractivity contribution in [2.45, 2.75) is 12.3 Å². The molecule has 0 saturated carbocycles. The first-order valence-corrected chi connectivity index (χ1v) is 6.32. The molecular formula is C13H15ClF2N2O. The molecule has 0 spiro atoms. The molecule has 1 rings (SSSR count). The van der Waals surface area contributed by atoms with E-state index in [2.05, 4.69) is 0 Å². The first-order chi connectivity index (χ1) is 9.13. The van der Waals surface area contributed by atoms with Crippen molar-refractivity contribution in [1.29, 1.82) is 5.26 Å². The number of methoxy groups -OCH3 is 1. The van der Waals surface area contributed by atoms with E-state index in [1.54, 1.807) is 0 Å². The highest BCUT2D eigenvalue weighted by atomic mass is 35.5. The molecule has 0 radical (unpaired) electrons. The largest absolute Gasteiger partial charge is 0.383 e. The Balaban J connectivity index is 3.03. The first kappa shape index (κ1) is 15.7. The fourth-order valence-electron chi connectivity index (χ4n) is 1.72.